The Labute approximate surface area is 269 Å². The summed E-state index contributed by atoms with van der Waals surface area (Å²) in [5.74, 6) is 0.961. The first kappa shape index (κ1) is 32.9. The molecule has 244 valence electrons. The molecule has 2 fully saturated rings. The van der Waals surface area contributed by atoms with Crippen LogP contribution < -0.4 is 15.4 Å². The van der Waals surface area contributed by atoms with Gasteiger partial charge in [0.05, 0.1) is 5.56 Å². The van der Waals surface area contributed by atoms with Crippen LogP contribution in [0.4, 0.5) is 24.8 Å². The molecule has 2 saturated heterocycles. The molecule has 11 nitrogen and oxygen atoms in total. The Morgan fingerprint density at radius 3 is 2.48 bits per heavy atom. The Morgan fingerprint density at radius 1 is 1.00 bits per heavy atom. The van der Waals surface area contributed by atoms with E-state index in [1.165, 1.54) is 12.1 Å². The van der Waals surface area contributed by atoms with Crippen LogP contribution >= 0.6 is 12.4 Å². The molecular formula is C31H34ClF3N8O3. The molecule has 15 heteroatoms. The van der Waals surface area contributed by atoms with Crippen molar-refractivity contribution >= 4 is 46.9 Å². The quantitative estimate of drug-likeness (QED) is 0.235. The second kappa shape index (κ2) is 13.9. The van der Waals surface area contributed by atoms with Gasteiger partial charge in [-0.3, -0.25) is 14.7 Å². The normalized spacial score (nSPS) is 17.7. The molecule has 1 aromatic carbocycles. The third-order valence-corrected chi connectivity index (χ3v) is 8.24. The van der Waals surface area contributed by atoms with Gasteiger partial charge in [0.1, 0.15) is 22.7 Å². The van der Waals surface area contributed by atoms with E-state index in [2.05, 4.69) is 42.7 Å². The highest BCUT2D eigenvalue weighted by Crippen LogP contribution is 2.34. The number of amides is 2. The predicted molar refractivity (Wildman–Crippen MR) is 168 cm³/mol. The van der Waals surface area contributed by atoms with Crippen LogP contribution in [0.5, 0.6) is 11.5 Å². The number of halogens is 4. The number of nitrogens with zero attached hydrogens (tertiary/aromatic N) is 5. The fraction of sp³-hybridized carbons (Fsp3) is 0.387. The number of hydrogen-bond acceptors (Lipinski definition) is 8. The molecule has 0 saturated carbocycles. The van der Waals surface area contributed by atoms with Gasteiger partial charge in [-0.1, -0.05) is 0 Å². The van der Waals surface area contributed by atoms with Crippen molar-refractivity contribution in [2.24, 2.45) is 5.92 Å². The summed E-state index contributed by atoms with van der Waals surface area (Å²) in [6, 6.07) is 9.51. The number of ether oxygens (including phenoxy) is 1. The van der Waals surface area contributed by atoms with Crippen LogP contribution in [-0.4, -0.2) is 81.0 Å². The molecule has 0 spiro atoms. The van der Waals surface area contributed by atoms with E-state index in [1.54, 1.807) is 24.4 Å². The van der Waals surface area contributed by atoms with E-state index in [9.17, 15) is 22.8 Å². The monoisotopic (exact) mass is 658 g/mol. The molecule has 0 radical (unpaired) electrons. The lowest BCUT2D eigenvalue weighted by molar-refractivity contribution is -0.138. The van der Waals surface area contributed by atoms with Gasteiger partial charge in [0, 0.05) is 49.1 Å². The van der Waals surface area contributed by atoms with Crippen molar-refractivity contribution in [2.45, 2.75) is 37.9 Å². The number of rotatable bonds is 7. The van der Waals surface area contributed by atoms with Crippen molar-refractivity contribution in [2.75, 3.05) is 43.9 Å². The van der Waals surface area contributed by atoms with E-state index in [1.807, 2.05) is 4.90 Å². The third kappa shape index (κ3) is 7.50. The Morgan fingerprint density at radius 2 is 1.74 bits per heavy atom. The zero-order valence-electron chi connectivity index (χ0n) is 25.0. The van der Waals surface area contributed by atoms with Crippen LogP contribution in [-0.2, 0) is 11.0 Å². The molecule has 5 heterocycles. The van der Waals surface area contributed by atoms with E-state index in [-0.39, 0.29) is 41.7 Å². The van der Waals surface area contributed by atoms with E-state index in [0.29, 0.717) is 34.9 Å². The largest absolute Gasteiger partial charge is 0.456 e. The van der Waals surface area contributed by atoms with E-state index in [4.69, 9.17) is 4.74 Å². The summed E-state index contributed by atoms with van der Waals surface area (Å²) in [4.78, 5) is 38.3. The minimum atomic E-state index is -4.55. The molecule has 0 aliphatic carbocycles. The summed E-state index contributed by atoms with van der Waals surface area (Å²) in [6.45, 7) is 3.23. The van der Waals surface area contributed by atoms with Crippen LogP contribution in [0.25, 0.3) is 11.0 Å². The molecule has 2 amide bonds. The molecule has 3 N–H and O–H groups in total. The molecule has 2 aliphatic rings. The maximum absolute atomic E-state index is 13.2. The van der Waals surface area contributed by atoms with Gasteiger partial charge in [-0.15, -0.1) is 12.4 Å². The van der Waals surface area contributed by atoms with E-state index in [0.717, 1.165) is 63.6 Å². The van der Waals surface area contributed by atoms with Gasteiger partial charge >= 0.3 is 6.18 Å². The Bertz CT molecular complexity index is 1680. The smallest absolute Gasteiger partial charge is 0.416 e. The number of aromatic amines is 1. The number of nitrogens with one attached hydrogen (secondary N) is 3. The van der Waals surface area contributed by atoms with Gasteiger partial charge in [0.15, 0.2) is 11.5 Å². The van der Waals surface area contributed by atoms with Crippen molar-refractivity contribution in [1.82, 2.24) is 30.0 Å². The zero-order chi connectivity index (χ0) is 31.6. The Kier molecular flexibility index (Phi) is 9.97. The average molecular weight is 659 g/mol. The SMILES string of the molecule is CN1CCC(C(=O)N2CCC[C@@H](Nc3n[nH]c4nccc(Oc5ccc(C(=O)Nc6cc(C(F)(F)F)ccn6)cc5)c34)C2)CC1.Cl. The molecule has 6 rings (SSSR count). The predicted octanol–water partition coefficient (Wildman–Crippen LogP) is 5.58. The highest BCUT2D eigenvalue weighted by molar-refractivity contribution is 6.03. The number of alkyl halides is 3. The van der Waals surface area contributed by atoms with Crippen molar-refractivity contribution in [3.8, 4) is 11.5 Å². The number of aromatic nitrogens is 4. The number of hydrogen-bond donors (Lipinski definition) is 3. The van der Waals surface area contributed by atoms with Crippen LogP contribution in [0.15, 0.2) is 54.9 Å². The number of carbonyl (C=O) groups is 2. The number of likely N-dealkylation sites (tertiary alicyclic amines) is 2. The molecule has 0 bridgehead atoms. The molecular weight excluding hydrogens is 625 g/mol. The number of fused-ring (bicyclic) bond motifs is 1. The number of carbonyl (C=O) groups excluding carboxylic acids is 2. The summed E-state index contributed by atoms with van der Waals surface area (Å²) < 4.78 is 45.2. The summed E-state index contributed by atoms with van der Waals surface area (Å²) in [6.07, 6.45) is 1.59. The third-order valence-electron chi connectivity index (χ3n) is 8.24. The number of H-pyrrole nitrogens is 1. The first-order valence-corrected chi connectivity index (χ1v) is 14.8. The highest BCUT2D eigenvalue weighted by atomic mass is 35.5. The summed E-state index contributed by atoms with van der Waals surface area (Å²) in [5.41, 5.74) is -0.173. The van der Waals surface area contributed by atoms with Crippen LogP contribution in [0, 0.1) is 5.92 Å². The zero-order valence-corrected chi connectivity index (χ0v) is 25.8. The fourth-order valence-electron chi connectivity index (χ4n) is 5.78. The standard InChI is InChI=1S/C31H33F3N8O3.ClH/c1-41-15-10-20(11-16-41)30(44)42-14-2-3-22(18-42)37-28-26-24(9-13-36-27(26)39-40-28)45-23-6-4-19(5-7-23)29(43)38-25-17-21(8-12-35-25)31(32,33)34;/h4-9,12-13,17,20,22H,2-3,10-11,14-16,18H2,1H3,(H,35,38,43)(H2,36,37,39,40);1H/t22-;/m1./s1. The van der Waals surface area contributed by atoms with Gasteiger partial charge < -0.3 is 25.2 Å². The molecule has 2 aliphatic heterocycles. The van der Waals surface area contributed by atoms with Crippen molar-refractivity contribution in [3.05, 3.63) is 66.0 Å². The second-order valence-electron chi connectivity index (χ2n) is 11.5. The lowest BCUT2D eigenvalue weighted by Crippen LogP contribution is -2.49. The van der Waals surface area contributed by atoms with Gasteiger partial charge in [0.2, 0.25) is 5.91 Å². The molecule has 46 heavy (non-hydrogen) atoms. The van der Waals surface area contributed by atoms with Gasteiger partial charge in [0.25, 0.3) is 5.91 Å². The molecule has 4 aromatic rings. The lowest BCUT2D eigenvalue weighted by atomic mass is 9.94. The maximum Gasteiger partial charge on any atom is 0.416 e. The first-order chi connectivity index (χ1) is 21.6. The van der Waals surface area contributed by atoms with E-state index < -0.39 is 17.6 Å². The van der Waals surface area contributed by atoms with Crippen LogP contribution in [0.2, 0.25) is 0 Å². The summed E-state index contributed by atoms with van der Waals surface area (Å²) in [7, 11) is 2.09. The van der Waals surface area contributed by atoms with Crippen LogP contribution in [0.3, 0.4) is 0 Å². The van der Waals surface area contributed by atoms with Crippen LogP contribution in [0.1, 0.15) is 41.6 Å². The minimum Gasteiger partial charge on any atom is -0.456 e. The maximum atomic E-state index is 13.2. The molecule has 1 atom stereocenters. The lowest BCUT2D eigenvalue weighted by Gasteiger charge is -2.37. The highest BCUT2D eigenvalue weighted by Gasteiger charge is 2.32. The summed E-state index contributed by atoms with van der Waals surface area (Å²) in [5, 5.41) is 13.9. The molecule has 3 aromatic heterocycles. The van der Waals surface area contributed by atoms with Crippen molar-refractivity contribution in [3.63, 3.8) is 0 Å². The Hall–Kier alpha value is -4.43. The average Bonchev–Trinajstić information content (AvgIpc) is 3.45. The number of piperidine rings is 2. The molecule has 0 unspecified atom stereocenters. The van der Waals surface area contributed by atoms with Gasteiger partial charge in [-0.05, 0) is 82.2 Å². The van der Waals surface area contributed by atoms with E-state index >= 15 is 0 Å². The van der Waals surface area contributed by atoms with Crippen molar-refractivity contribution in [1.29, 1.82) is 0 Å². The van der Waals surface area contributed by atoms with Crippen molar-refractivity contribution < 1.29 is 27.5 Å². The number of benzene rings is 1. The fourth-order valence-corrected chi connectivity index (χ4v) is 5.78. The minimum absolute atomic E-state index is 0. The topological polar surface area (TPSA) is 128 Å². The van der Waals surface area contributed by atoms with Gasteiger partial charge in [-0.25, -0.2) is 9.97 Å². The number of anilines is 2. The summed E-state index contributed by atoms with van der Waals surface area (Å²) >= 11 is 0. The second-order valence-corrected chi connectivity index (χ2v) is 11.5. The first-order valence-electron chi connectivity index (χ1n) is 14.8. The Balaban J connectivity index is 0.00000417. The number of pyridine rings is 2. The van der Waals surface area contributed by atoms with Gasteiger partial charge in [-0.2, -0.15) is 18.3 Å².